The second-order valence-corrected chi connectivity index (χ2v) is 6.65. The molecule has 1 aliphatic carbocycles. The number of hydrogen-bond acceptors (Lipinski definition) is 7. The Balaban J connectivity index is 1.94. The molecule has 1 aromatic rings. The van der Waals surface area contributed by atoms with Crippen LogP contribution in [0.1, 0.15) is 44.6 Å². The molecule has 1 atom stereocenters. The molecule has 156 valence electrons. The van der Waals surface area contributed by atoms with E-state index in [0.29, 0.717) is 31.1 Å². The normalized spacial score (nSPS) is 17.7. The first-order valence-corrected chi connectivity index (χ1v) is 9.24. The molecule has 1 unspecified atom stereocenters. The van der Waals surface area contributed by atoms with Crippen molar-refractivity contribution in [2.45, 2.75) is 57.4 Å². The molecule has 9 nitrogen and oxygen atoms in total. The molecule has 0 aliphatic heterocycles. The number of unbranched alkanes of at least 4 members (excludes halogenated alkanes) is 1. The van der Waals surface area contributed by atoms with E-state index in [9.17, 15) is 9.59 Å². The van der Waals surface area contributed by atoms with Crippen LogP contribution in [-0.2, 0) is 16.0 Å². The van der Waals surface area contributed by atoms with Crippen LogP contribution in [0.15, 0.2) is 18.2 Å². The van der Waals surface area contributed by atoms with Crippen molar-refractivity contribution in [1.29, 1.82) is 0 Å². The monoisotopic (exact) mass is 397 g/mol. The molecule has 0 aromatic heterocycles. The highest BCUT2D eigenvalue weighted by atomic mass is 16.8. The Labute approximate surface area is 163 Å². The van der Waals surface area contributed by atoms with Crippen LogP contribution in [0.5, 0.6) is 11.5 Å². The SMILES string of the molecule is CCCCOc1ccc(CNC2CCC(OC(=O)O)(OC(=O)O)C2)cc1OC. The number of carboxylic acid groups (broad SMARTS) is 2. The molecule has 0 radical (unpaired) electrons. The first-order valence-electron chi connectivity index (χ1n) is 9.24. The third-order valence-electron chi connectivity index (χ3n) is 4.56. The van der Waals surface area contributed by atoms with Gasteiger partial charge in [-0.25, -0.2) is 9.59 Å². The van der Waals surface area contributed by atoms with Gasteiger partial charge in [0.05, 0.1) is 13.7 Å². The molecule has 1 aliphatic rings. The van der Waals surface area contributed by atoms with Gasteiger partial charge in [-0.3, -0.25) is 0 Å². The minimum absolute atomic E-state index is 0.112. The van der Waals surface area contributed by atoms with E-state index in [4.69, 9.17) is 29.2 Å². The highest BCUT2D eigenvalue weighted by molar-refractivity contribution is 5.60. The summed E-state index contributed by atoms with van der Waals surface area (Å²) in [6, 6.07) is 5.49. The van der Waals surface area contributed by atoms with Crippen LogP contribution in [0.3, 0.4) is 0 Å². The van der Waals surface area contributed by atoms with Gasteiger partial charge in [0, 0.05) is 25.4 Å². The minimum atomic E-state index is -1.66. The lowest BCUT2D eigenvalue weighted by molar-refractivity contribution is -0.177. The largest absolute Gasteiger partial charge is 0.509 e. The van der Waals surface area contributed by atoms with Gasteiger partial charge < -0.3 is 34.5 Å². The van der Waals surface area contributed by atoms with E-state index in [1.165, 1.54) is 0 Å². The summed E-state index contributed by atoms with van der Waals surface area (Å²) >= 11 is 0. The van der Waals surface area contributed by atoms with Gasteiger partial charge in [0.15, 0.2) is 11.5 Å². The third kappa shape index (κ3) is 6.19. The van der Waals surface area contributed by atoms with Gasteiger partial charge in [0.2, 0.25) is 0 Å². The Morgan fingerprint density at radius 3 is 2.54 bits per heavy atom. The van der Waals surface area contributed by atoms with Crippen LogP contribution in [0, 0.1) is 0 Å². The van der Waals surface area contributed by atoms with Crippen LogP contribution < -0.4 is 14.8 Å². The zero-order valence-electron chi connectivity index (χ0n) is 16.1. The lowest BCUT2D eigenvalue weighted by Crippen LogP contribution is -2.39. The highest BCUT2D eigenvalue weighted by Gasteiger charge is 2.46. The lowest BCUT2D eigenvalue weighted by atomic mass is 10.1. The van der Waals surface area contributed by atoms with Crippen molar-refractivity contribution in [3.63, 3.8) is 0 Å². The van der Waals surface area contributed by atoms with Crippen LogP contribution >= 0.6 is 0 Å². The van der Waals surface area contributed by atoms with E-state index in [1.54, 1.807) is 7.11 Å². The highest BCUT2D eigenvalue weighted by Crippen LogP contribution is 2.35. The Morgan fingerprint density at radius 1 is 1.21 bits per heavy atom. The molecule has 28 heavy (non-hydrogen) atoms. The van der Waals surface area contributed by atoms with Crippen molar-refractivity contribution in [2.75, 3.05) is 13.7 Å². The van der Waals surface area contributed by atoms with E-state index in [-0.39, 0.29) is 18.9 Å². The number of benzene rings is 1. The molecule has 0 amide bonds. The summed E-state index contributed by atoms with van der Waals surface area (Å²) in [5.74, 6) is -0.340. The van der Waals surface area contributed by atoms with Crippen molar-refractivity contribution >= 4 is 12.3 Å². The standard InChI is InChI=1S/C19H27NO8/c1-3-4-9-26-15-6-5-13(10-16(15)25-2)12-20-14-7-8-19(11-14,27-17(21)22)28-18(23)24/h5-6,10,14,20H,3-4,7-9,11-12H2,1-2H3,(H,21,22)(H,23,24). The number of ether oxygens (including phenoxy) is 4. The molecular weight excluding hydrogens is 370 g/mol. The summed E-state index contributed by atoms with van der Waals surface area (Å²) in [6.45, 7) is 3.21. The van der Waals surface area contributed by atoms with Gasteiger partial charge in [0.25, 0.3) is 5.79 Å². The van der Waals surface area contributed by atoms with Crippen LogP contribution in [-0.4, -0.2) is 48.1 Å². The smallest absolute Gasteiger partial charge is 0.493 e. The van der Waals surface area contributed by atoms with E-state index in [2.05, 4.69) is 12.2 Å². The fourth-order valence-corrected chi connectivity index (χ4v) is 3.20. The summed E-state index contributed by atoms with van der Waals surface area (Å²) < 4.78 is 20.6. The molecule has 3 N–H and O–H groups in total. The van der Waals surface area contributed by atoms with Crippen molar-refractivity contribution in [2.24, 2.45) is 0 Å². The quantitative estimate of drug-likeness (QED) is 0.308. The number of methoxy groups -OCH3 is 1. The van der Waals surface area contributed by atoms with Crippen molar-refractivity contribution in [3.8, 4) is 11.5 Å². The van der Waals surface area contributed by atoms with Gasteiger partial charge in [-0.1, -0.05) is 19.4 Å². The lowest BCUT2D eigenvalue weighted by Gasteiger charge is -2.26. The molecule has 0 saturated heterocycles. The molecular formula is C19H27NO8. The fourth-order valence-electron chi connectivity index (χ4n) is 3.20. The Kier molecular flexibility index (Phi) is 7.74. The first-order chi connectivity index (χ1) is 13.4. The summed E-state index contributed by atoms with van der Waals surface area (Å²) in [7, 11) is 1.58. The Morgan fingerprint density at radius 2 is 1.93 bits per heavy atom. The number of nitrogens with one attached hydrogen (secondary N) is 1. The van der Waals surface area contributed by atoms with Gasteiger partial charge in [-0.15, -0.1) is 0 Å². The van der Waals surface area contributed by atoms with Crippen LogP contribution in [0.2, 0.25) is 0 Å². The zero-order chi connectivity index (χ0) is 20.6. The fraction of sp³-hybridized carbons (Fsp3) is 0.579. The van der Waals surface area contributed by atoms with E-state index >= 15 is 0 Å². The first kappa shape index (κ1) is 21.6. The number of carbonyl (C=O) groups is 2. The molecule has 1 saturated carbocycles. The summed E-state index contributed by atoms with van der Waals surface area (Å²) in [6.07, 6.45) is -0.319. The molecule has 0 bridgehead atoms. The predicted molar refractivity (Wildman–Crippen MR) is 98.8 cm³/mol. The molecule has 0 heterocycles. The van der Waals surface area contributed by atoms with Crippen LogP contribution in [0.25, 0.3) is 0 Å². The van der Waals surface area contributed by atoms with E-state index in [1.807, 2.05) is 18.2 Å². The molecule has 2 rings (SSSR count). The van der Waals surface area contributed by atoms with Crippen molar-refractivity contribution < 1.29 is 38.7 Å². The van der Waals surface area contributed by atoms with Crippen molar-refractivity contribution in [3.05, 3.63) is 23.8 Å². The maximum Gasteiger partial charge on any atom is 0.509 e. The van der Waals surface area contributed by atoms with Gasteiger partial charge >= 0.3 is 12.3 Å². The molecule has 1 fully saturated rings. The zero-order valence-corrected chi connectivity index (χ0v) is 16.1. The number of rotatable bonds is 10. The maximum absolute atomic E-state index is 10.9. The van der Waals surface area contributed by atoms with E-state index in [0.717, 1.165) is 18.4 Å². The predicted octanol–water partition coefficient (Wildman–Crippen LogP) is 3.60. The summed E-state index contributed by atoms with van der Waals surface area (Å²) in [5.41, 5.74) is 0.954. The molecule has 9 heteroatoms. The number of hydrogen-bond donors (Lipinski definition) is 3. The Bertz CT molecular complexity index is 662. The van der Waals surface area contributed by atoms with Crippen molar-refractivity contribution in [1.82, 2.24) is 5.32 Å². The maximum atomic E-state index is 10.9. The van der Waals surface area contributed by atoms with Gasteiger partial charge in [-0.2, -0.15) is 0 Å². The average molecular weight is 397 g/mol. The minimum Gasteiger partial charge on any atom is -0.493 e. The second-order valence-electron chi connectivity index (χ2n) is 6.65. The topological polar surface area (TPSA) is 124 Å². The Hall–Kier alpha value is -2.68. The second kappa shape index (κ2) is 10.0. The van der Waals surface area contributed by atoms with Gasteiger partial charge in [0.1, 0.15) is 0 Å². The summed E-state index contributed by atoms with van der Waals surface area (Å²) in [4.78, 5) is 21.8. The third-order valence-corrected chi connectivity index (χ3v) is 4.56. The van der Waals surface area contributed by atoms with Crippen LogP contribution in [0.4, 0.5) is 9.59 Å². The van der Waals surface area contributed by atoms with Gasteiger partial charge in [-0.05, 0) is 30.5 Å². The summed E-state index contributed by atoms with van der Waals surface area (Å²) in [5, 5.41) is 21.0. The average Bonchev–Trinajstić information content (AvgIpc) is 3.01. The van der Waals surface area contributed by atoms with E-state index < -0.39 is 18.1 Å². The molecule has 1 aromatic carbocycles. The molecule has 0 spiro atoms.